The number of ether oxygens (including phenoxy) is 2. The number of halogens is 1. The molecule has 0 unspecified atom stereocenters. The van der Waals surface area contributed by atoms with Gasteiger partial charge in [0.05, 0.1) is 6.61 Å². The second kappa shape index (κ2) is 6.67. The minimum Gasteiger partial charge on any atom is -0.491 e. The van der Waals surface area contributed by atoms with Crippen LogP contribution in [0.15, 0.2) is 18.2 Å². The largest absolute Gasteiger partial charge is 0.491 e. The summed E-state index contributed by atoms with van der Waals surface area (Å²) in [6.07, 6.45) is 0. The first-order valence-corrected chi connectivity index (χ1v) is 5.20. The van der Waals surface area contributed by atoms with Crippen LogP contribution in [-0.4, -0.2) is 27.4 Å². The molecule has 0 saturated carbocycles. The Labute approximate surface area is 95.3 Å². The molecule has 0 aliphatic rings. The third kappa shape index (κ3) is 4.08. The molecule has 1 aromatic carbocycles. The minimum atomic E-state index is 0.550. The van der Waals surface area contributed by atoms with Gasteiger partial charge in [-0.05, 0) is 25.2 Å². The zero-order chi connectivity index (χ0) is 11.1. The van der Waals surface area contributed by atoms with Gasteiger partial charge in [-0.2, -0.15) is 0 Å². The van der Waals surface area contributed by atoms with Crippen molar-refractivity contribution in [1.82, 2.24) is 5.32 Å². The molecule has 3 nitrogen and oxygen atoms in total. The van der Waals surface area contributed by atoms with Crippen LogP contribution in [0.1, 0.15) is 5.56 Å². The highest BCUT2D eigenvalue weighted by atomic mass is 35.5. The Morgan fingerprint density at radius 3 is 2.80 bits per heavy atom. The summed E-state index contributed by atoms with van der Waals surface area (Å²) in [5, 5.41) is 3.79. The van der Waals surface area contributed by atoms with Crippen molar-refractivity contribution in [3.05, 3.63) is 28.8 Å². The van der Waals surface area contributed by atoms with Crippen LogP contribution in [0.2, 0.25) is 5.02 Å². The van der Waals surface area contributed by atoms with Crippen LogP contribution in [0.25, 0.3) is 0 Å². The van der Waals surface area contributed by atoms with Crippen LogP contribution < -0.4 is 10.1 Å². The van der Waals surface area contributed by atoms with Crippen LogP contribution in [0.3, 0.4) is 0 Å². The summed E-state index contributed by atoms with van der Waals surface area (Å²) in [6.45, 7) is 1.87. The fourth-order valence-electron chi connectivity index (χ4n) is 1.25. The van der Waals surface area contributed by atoms with Crippen molar-refractivity contribution >= 4 is 11.6 Å². The summed E-state index contributed by atoms with van der Waals surface area (Å²) < 4.78 is 10.5. The Bertz CT molecular complexity index is 305. The first-order valence-electron chi connectivity index (χ1n) is 4.82. The van der Waals surface area contributed by atoms with Gasteiger partial charge in [0.25, 0.3) is 0 Å². The molecule has 0 aliphatic carbocycles. The van der Waals surface area contributed by atoms with Crippen LogP contribution in [0.4, 0.5) is 0 Å². The van der Waals surface area contributed by atoms with Gasteiger partial charge < -0.3 is 14.8 Å². The highest BCUT2D eigenvalue weighted by Gasteiger charge is 2.03. The van der Waals surface area contributed by atoms with Gasteiger partial charge in [0.2, 0.25) is 0 Å². The van der Waals surface area contributed by atoms with E-state index in [2.05, 4.69) is 5.32 Å². The van der Waals surface area contributed by atoms with Crippen molar-refractivity contribution in [1.29, 1.82) is 0 Å². The van der Waals surface area contributed by atoms with Crippen molar-refractivity contribution in [3.63, 3.8) is 0 Å². The van der Waals surface area contributed by atoms with Gasteiger partial charge in [0.1, 0.15) is 12.4 Å². The molecule has 0 bridgehead atoms. The molecule has 1 aromatic rings. The Morgan fingerprint density at radius 2 is 2.13 bits per heavy atom. The topological polar surface area (TPSA) is 30.5 Å². The van der Waals surface area contributed by atoms with Gasteiger partial charge in [-0.15, -0.1) is 0 Å². The van der Waals surface area contributed by atoms with Gasteiger partial charge >= 0.3 is 0 Å². The molecule has 84 valence electrons. The zero-order valence-corrected chi connectivity index (χ0v) is 9.80. The van der Waals surface area contributed by atoms with E-state index in [4.69, 9.17) is 21.1 Å². The molecule has 0 radical (unpaired) electrons. The SMILES string of the molecule is CNCc1cc(Cl)ccc1OCCOC. The summed E-state index contributed by atoms with van der Waals surface area (Å²) in [4.78, 5) is 0. The average molecular weight is 230 g/mol. The molecule has 0 spiro atoms. The van der Waals surface area contributed by atoms with E-state index in [9.17, 15) is 0 Å². The van der Waals surface area contributed by atoms with Crippen LogP contribution in [-0.2, 0) is 11.3 Å². The lowest BCUT2D eigenvalue weighted by Crippen LogP contribution is -2.10. The molecule has 1 N–H and O–H groups in total. The van der Waals surface area contributed by atoms with E-state index < -0.39 is 0 Å². The average Bonchev–Trinajstić information content (AvgIpc) is 2.22. The third-order valence-corrected chi connectivity index (χ3v) is 2.17. The molecule has 0 aromatic heterocycles. The fourth-order valence-corrected chi connectivity index (χ4v) is 1.45. The smallest absolute Gasteiger partial charge is 0.124 e. The lowest BCUT2D eigenvalue weighted by molar-refractivity contribution is 0.145. The Balaban J connectivity index is 2.67. The molecular weight excluding hydrogens is 214 g/mol. The molecular formula is C11H16ClNO2. The monoisotopic (exact) mass is 229 g/mol. The lowest BCUT2D eigenvalue weighted by atomic mass is 10.2. The maximum absolute atomic E-state index is 5.91. The summed E-state index contributed by atoms with van der Waals surface area (Å²) in [5.74, 6) is 0.853. The maximum Gasteiger partial charge on any atom is 0.124 e. The molecule has 4 heteroatoms. The highest BCUT2D eigenvalue weighted by molar-refractivity contribution is 6.30. The van der Waals surface area contributed by atoms with Gasteiger partial charge in [-0.3, -0.25) is 0 Å². The van der Waals surface area contributed by atoms with Crippen molar-refractivity contribution in [3.8, 4) is 5.75 Å². The number of benzene rings is 1. The van der Waals surface area contributed by atoms with E-state index in [1.54, 1.807) is 7.11 Å². The summed E-state index contributed by atoms with van der Waals surface area (Å²) in [5.41, 5.74) is 1.06. The van der Waals surface area contributed by atoms with E-state index in [0.717, 1.165) is 22.9 Å². The third-order valence-electron chi connectivity index (χ3n) is 1.93. The number of methoxy groups -OCH3 is 1. The molecule has 0 atom stereocenters. The second-order valence-corrected chi connectivity index (χ2v) is 3.56. The number of hydrogen-bond donors (Lipinski definition) is 1. The van der Waals surface area contributed by atoms with Crippen LogP contribution >= 0.6 is 11.6 Å². The van der Waals surface area contributed by atoms with Gasteiger partial charge in [-0.25, -0.2) is 0 Å². The van der Waals surface area contributed by atoms with E-state index in [-0.39, 0.29) is 0 Å². The molecule has 0 saturated heterocycles. The molecule has 1 rings (SSSR count). The Kier molecular flexibility index (Phi) is 5.47. The van der Waals surface area contributed by atoms with Gasteiger partial charge in [-0.1, -0.05) is 11.6 Å². The number of rotatable bonds is 6. The predicted molar refractivity (Wildman–Crippen MR) is 61.6 cm³/mol. The van der Waals surface area contributed by atoms with Gasteiger partial charge in [0, 0.05) is 24.2 Å². The van der Waals surface area contributed by atoms with Crippen LogP contribution in [0, 0.1) is 0 Å². The minimum absolute atomic E-state index is 0.550. The molecule has 0 fully saturated rings. The lowest BCUT2D eigenvalue weighted by Gasteiger charge is -2.11. The number of hydrogen-bond acceptors (Lipinski definition) is 3. The van der Waals surface area contributed by atoms with E-state index in [1.807, 2.05) is 25.2 Å². The van der Waals surface area contributed by atoms with E-state index in [0.29, 0.717) is 13.2 Å². The van der Waals surface area contributed by atoms with Crippen molar-refractivity contribution in [2.45, 2.75) is 6.54 Å². The number of nitrogens with one attached hydrogen (secondary N) is 1. The predicted octanol–water partition coefficient (Wildman–Crippen LogP) is 2.08. The molecule has 15 heavy (non-hydrogen) atoms. The molecule has 0 aliphatic heterocycles. The normalized spacial score (nSPS) is 10.3. The van der Waals surface area contributed by atoms with Crippen LogP contribution in [0.5, 0.6) is 5.75 Å². The van der Waals surface area contributed by atoms with Crippen molar-refractivity contribution < 1.29 is 9.47 Å². The molecule has 0 amide bonds. The second-order valence-electron chi connectivity index (χ2n) is 3.12. The molecule has 0 heterocycles. The Morgan fingerprint density at radius 1 is 1.33 bits per heavy atom. The zero-order valence-electron chi connectivity index (χ0n) is 9.05. The van der Waals surface area contributed by atoms with Crippen molar-refractivity contribution in [2.75, 3.05) is 27.4 Å². The summed E-state index contributed by atoms with van der Waals surface area (Å²) in [7, 11) is 3.54. The summed E-state index contributed by atoms with van der Waals surface area (Å²) in [6, 6.07) is 5.60. The first-order chi connectivity index (χ1) is 7.27. The highest BCUT2D eigenvalue weighted by Crippen LogP contribution is 2.22. The first kappa shape index (κ1) is 12.3. The standard InChI is InChI=1S/C11H16ClNO2/c1-13-8-9-7-10(12)3-4-11(9)15-6-5-14-2/h3-4,7,13H,5-6,8H2,1-2H3. The Hall–Kier alpha value is -0.770. The van der Waals surface area contributed by atoms with Gasteiger partial charge in [0.15, 0.2) is 0 Å². The fraction of sp³-hybridized carbons (Fsp3) is 0.455. The summed E-state index contributed by atoms with van der Waals surface area (Å²) >= 11 is 5.91. The van der Waals surface area contributed by atoms with Crippen molar-refractivity contribution in [2.24, 2.45) is 0 Å². The maximum atomic E-state index is 5.91. The van der Waals surface area contributed by atoms with E-state index >= 15 is 0 Å². The van der Waals surface area contributed by atoms with E-state index in [1.165, 1.54) is 0 Å². The quantitative estimate of drug-likeness (QED) is 0.758.